The molecular formula is C21H16O2. The van der Waals surface area contributed by atoms with E-state index in [9.17, 15) is 9.90 Å². The molecule has 0 aliphatic heterocycles. The SMILES string of the molecule is O=C(C=Cc1ccc(-c2ccccc2O)cc1)c1ccccc1. The van der Waals surface area contributed by atoms with Crippen molar-refractivity contribution >= 4 is 11.9 Å². The first-order valence-corrected chi connectivity index (χ1v) is 7.40. The zero-order chi connectivity index (χ0) is 16.1. The summed E-state index contributed by atoms with van der Waals surface area (Å²) in [5.74, 6) is 0.241. The van der Waals surface area contributed by atoms with Gasteiger partial charge in [-0.2, -0.15) is 0 Å². The molecule has 3 aromatic carbocycles. The number of phenols is 1. The first kappa shape index (κ1) is 14.8. The average molecular weight is 300 g/mol. The largest absolute Gasteiger partial charge is 0.507 e. The Balaban J connectivity index is 1.77. The van der Waals surface area contributed by atoms with Crippen molar-refractivity contribution in [2.45, 2.75) is 0 Å². The van der Waals surface area contributed by atoms with Crippen molar-refractivity contribution in [3.05, 3.63) is 96.1 Å². The van der Waals surface area contributed by atoms with Gasteiger partial charge >= 0.3 is 0 Å². The van der Waals surface area contributed by atoms with Crippen molar-refractivity contribution in [1.82, 2.24) is 0 Å². The number of allylic oxidation sites excluding steroid dienone is 1. The Morgan fingerprint density at radius 2 is 1.43 bits per heavy atom. The highest BCUT2D eigenvalue weighted by Gasteiger charge is 2.03. The van der Waals surface area contributed by atoms with Crippen LogP contribution in [0.4, 0.5) is 0 Å². The second-order valence-electron chi connectivity index (χ2n) is 5.20. The number of hydrogen-bond donors (Lipinski definition) is 1. The fraction of sp³-hybridized carbons (Fsp3) is 0. The van der Waals surface area contributed by atoms with Crippen LogP contribution in [0, 0.1) is 0 Å². The predicted octanol–water partition coefficient (Wildman–Crippen LogP) is 4.96. The van der Waals surface area contributed by atoms with Crippen LogP contribution in [0.25, 0.3) is 17.2 Å². The third-order valence-electron chi connectivity index (χ3n) is 3.61. The Kier molecular flexibility index (Phi) is 4.34. The molecular weight excluding hydrogens is 284 g/mol. The number of carbonyl (C=O) groups excluding carboxylic acids is 1. The number of hydrogen-bond acceptors (Lipinski definition) is 2. The Hall–Kier alpha value is -3.13. The van der Waals surface area contributed by atoms with E-state index >= 15 is 0 Å². The maximum Gasteiger partial charge on any atom is 0.185 e. The third kappa shape index (κ3) is 3.55. The molecule has 3 aromatic rings. The molecule has 1 N–H and O–H groups in total. The summed E-state index contributed by atoms with van der Waals surface area (Å²) >= 11 is 0. The number of benzene rings is 3. The summed E-state index contributed by atoms with van der Waals surface area (Å²) in [6, 6.07) is 24.1. The molecule has 0 aliphatic rings. The van der Waals surface area contributed by atoms with Crippen LogP contribution in [-0.2, 0) is 0 Å². The molecule has 0 radical (unpaired) electrons. The normalized spacial score (nSPS) is 10.8. The molecule has 0 heterocycles. The maximum absolute atomic E-state index is 12.0. The minimum atomic E-state index is -0.0182. The molecule has 3 rings (SSSR count). The third-order valence-corrected chi connectivity index (χ3v) is 3.61. The Labute approximate surface area is 135 Å². The van der Waals surface area contributed by atoms with Crippen LogP contribution in [0.2, 0.25) is 0 Å². The maximum atomic E-state index is 12.0. The van der Waals surface area contributed by atoms with Gasteiger partial charge in [-0.05, 0) is 23.3 Å². The van der Waals surface area contributed by atoms with E-state index in [0.29, 0.717) is 5.56 Å². The Morgan fingerprint density at radius 1 is 0.783 bits per heavy atom. The van der Waals surface area contributed by atoms with Crippen molar-refractivity contribution in [1.29, 1.82) is 0 Å². The van der Waals surface area contributed by atoms with Gasteiger partial charge in [0.25, 0.3) is 0 Å². The highest BCUT2D eigenvalue weighted by atomic mass is 16.3. The first-order valence-electron chi connectivity index (χ1n) is 7.40. The summed E-state index contributed by atoms with van der Waals surface area (Å²) < 4.78 is 0. The molecule has 0 amide bonds. The smallest absolute Gasteiger partial charge is 0.185 e. The minimum Gasteiger partial charge on any atom is -0.507 e. The van der Waals surface area contributed by atoms with Crippen LogP contribution in [-0.4, -0.2) is 10.9 Å². The first-order chi connectivity index (χ1) is 11.2. The van der Waals surface area contributed by atoms with Gasteiger partial charge in [0.05, 0.1) is 0 Å². The topological polar surface area (TPSA) is 37.3 Å². The zero-order valence-corrected chi connectivity index (χ0v) is 12.5. The van der Waals surface area contributed by atoms with Crippen molar-refractivity contribution in [3.8, 4) is 16.9 Å². The van der Waals surface area contributed by atoms with Gasteiger partial charge in [0, 0.05) is 11.1 Å². The number of rotatable bonds is 4. The lowest BCUT2D eigenvalue weighted by Crippen LogP contribution is -1.92. The average Bonchev–Trinajstić information content (AvgIpc) is 2.61. The fourth-order valence-electron chi connectivity index (χ4n) is 2.36. The quantitative estimate of drug-likeness (QED) is 0.546. The summed E-state index contributed by atoms with van der Waals surface area (Å²) in [7, 11) is 0. The summed E-state index contributed by atoms with van der Waals surface area (Å²) in [6.45, 7) is 0. The van der Waals surface area contributed by atoms with Crippen LogP contribution in [0.15, 0.2) is 84.9 Å². The van der Waals surface area contributed by atoms with E-state index in [2.05, 4.69) is 0 Å². The van der Waals surface area contributed by atoms with Crippen LogP contribution in [0.3, 0.4) is 0 Å². The number of aromatic hydroxyl groups is 1. The van der Waals surface area contributed by atoms with Crippen molar-refractivity contribution in [2.75, 3.05) is 0 Å². The highest BCUT2D eigenvalue weighted by Crippen LogP contribution is 2.28. The van der Waals surface area contributed by atoms with Gasteiger partial charge < -0.3 is 5.11 Å². The van der Waals surface area contributed by atoms with Gasteiger partial charge in [-0.3, -0.25) is 4.79 Å². The van der Waals surface area contributed by atoms with Gasteiger partial charge in [0.15, 0.2) is 5.78 Å². The van der Waals surface area contributed by atoms with Crippen LogP contribution >= 0.6 is 0 Å². The molecule has 0 unspecified atom stereocenters. The number of carbonyl (C=O) groups is 1. The number of ketones is 1. The summed E-state index contributed by atoms with van der Waals surface area (Å²) in [5, 5.41) is 9.88. The fourth-order valence-corrected chi connectivity index (χ4v) is 2.36. The molecule has 2 heteroatoms. The molecule has 2 nitrogen and oxygen atoms in total. The van der Waals surface area contributed by atoms with Gasteiger partial charge in [-0.15, -0.1) is 0 Å². The number of para-hydroxylation sites is 1. The van der Waals surface area contributed by atoms with E-state index < -0.39 is 0 Å². The molecule has 0 atom stereocenters. The summed E-state index contributed by atoms with van der Waals surface area (Å²) in [6.07, 6.45) is 3.37. The van der Waals surface area contributed by atoms with E-state index in [1.807, 2.05) is 54.6 Å². The molecule has 0 saturated carbocycles. The Bertz CT molecular complexity index is 831. The molecule has 0 saturated heterocycles. The van der Waals surface area contributed by atoms with Gasteiger partial charge in [-0.1, -0.05) is 78.9 Å². The summed E-state index contributed by atoms with van der Waals surface area (Å²) in [5.41, 5.74) is 3.35. The standard InChI is InChI=1S/C21H16O2/c22-20(18-6-2-1-3-7-18)15-12-16-10-13-17(14-11-16)19-8-4-5-9-21(19)23/h1-15,23H. The second kappa shape index (κ2) is 6.75. The van der Waals surface area contributed by atoms with Crippen LogP contribution < -0.4 is 0 Å². The van der Waals surface area contributed by atoms with Gasteiger partial charge in [-0.25, -0.2) is 0 Å². The van der Waals surface area contributed by atoms with Crippen LogP contribution in [0.5, 0.6) is 5.75 Å². The predicted molar refractivity (Wildman–Crippen MR) is 93.3 cm³/mol. The minimum absolute atomic E-state index is 0.0182. The molecule has 0 aliphatic carbocycles. The monoisotopic (exact) mass is 300 g/mol. The van der Waals surface area contributed by atoms with E-state index in [0.717, 1.165) is 16.7 Å². The lowest BCUT2D eigenvalue weighted by molar-refractivity contribution is 0.104. The molecule has 0 spiro atoms. The summed E-state index contributed by atoms with van der Waals surface area (Å²) in [4.78, 5) is 12.0. The van der Waals surface area contributed by atoms with Crippen molar-refractivity contribution in [3.63, 3.8) is 0 Å². The van der Waals surface area contributed by atoms with Gasteiger partial charge in [0.2, 0.25) is 0 Å². The molecule has 0 fully saturated rings. The molecule has 112 valence electrons. The van der Waals surface area contributed by atoms with E-state index in [-0.39, 0.29) is 11.5 Å². The lowest BCUT2D eigenvalue weighted by Gasteiger charge is -2.04. The highest BCUT2D eigenvalue weighted by molar-refractivity contribution is 6.06. The molecule has 23 heavy (non-hydrogen) atoms. The van der Waals surface area contributed by atoms with E-state index in [1.54, 1.807) is 36.4 Å². The molecule has 0 aromatic heterocycles. The molecule has 0 bridgehead atoms. The lowest BCUT2D eigenvalue weighted by atomic mass is 10.0. The number of phenolic OH excluding ortho intramolecular Hbond substituents is 1. The van der Waals surface area contributed by atoms with Gasteiger partial charge in [0.1, 0.15) is 5.75 Å². The van der Waals surface area contributed by atoms with Crippen molar-refractivity contribution < 1.29 is 9.90 Å². The van der Waals surface area contributed by atoms with E-state index in [4.69, 9.17) is 0 Å². The Morgan fingerprint density at radius 3 is 2.13 bits per heavy atom. The second-order valence-corrected chi connectivity index (χ2v) is 5.20. The van der Waals surface area contributed by atoms with Crippen molar-refractivity contribution in [2.24, 2.45) is 0 Å². The zero-order valence-electron chi connectivity index (χ0n) is 12.5. The van der Waals surface area contributed by atoms with Crippen LogP contribution in [0.1, 0.15) is 15.9 Å². The van der Waals surface area contributed by atoms with E-state index in [1.165, 1.54) is 0 Å².